The molecule has 6 nitrogen and oxygen atoms in total. The third-order valence-corrected chi connectivity index (χ3v) is 4.18. The average molecular weight is 297 g/mol. The lowest BCUT2D eigenvalue weighted by Gasteiger charge is -2.25. The van der Waals surface area contributed by atoms with Crippen LogP contribution >= 0.6 is 0 Å². The van der Waals surface area contributed by atoms with Gasteiger partial charge in [-0.05, 0) is 31.0 Å². The van der Waals surface area contributed by atoms with Gasteiger partial charge < -0.3 is 15.5 Å². The number of hydrogen-bond donors (Lipinski definition) is 3. The Labute approximate surface area is 129 Å². The van der Waals surface area contributed by atoms with Gasteiger partial charge in [-0.25, -0.2) is 10.4 Å². The second kappa shape index (κ2) is 5.90. The van der Waals surface area contributed by atoms with Crippen LogP contribution in [-0.4, -0.2) is 29.2 Å². The number of nitrogens with one attached hydrogen (secondary N) is 3. The van der Waals surface area contributed by atoms with Gasteiger partial charge >= 0.3 is 0 Å². The first-order valence-corrected chi connectivity index (χ1v) is 7.67. The lowest BCUT2D eigenvalue weighted by atomic mass is 10.0. The molecule has 1 unspecified atom stereocenters. The van der Waals surface area contributed by atoms with Crippen LogP contribution in [0.2, 0.25) is 0 Å². The summed E-state index contributed by atoms with van der Waals surface area (Å²) in [5.74, 6) is 0.928. The van der Waals surface area contributed by atoms with Crippen LogP contribution in [0.3, 0.4) is 0 Å². The number of hydrogen-bond acceptors (Lipinski definition) is 6. The molecule has 114 valence electrons. The molecule has 6 heteroatoms. The Kier molecular flexibility index (Phi) is 3.62. The first-order chi connectivity index (χ1) is 10.9. The lowest BCUT2D eigenvalue weighted by Crippen LogP contribution is -2.29. The molecule has 1 atom stereocenters. The van der Waals surface area contributed by atoms with Crippen molar-refractivity contribution in [3.05, 3.63) is 47.9 Å². The normalized spacial score (nSPS) is 21.2. The van der Waals surface area contributed by atoms with Crippen molar-refractivity contribution in [3.8, 4) is 0 Å². The number of fused-ring (bicyclic) bond motifs is 1. The maximum Gasteiger partial charge on any atom is 0.133 e. The topological polar surface area (TPSA) is 71.1 Å². The van der Waals surface area contributed by atoms with Crippen molar-refractivity contribution in [2.24, 2.45) is 0 Å². The van der Waals surface area contributed by atoms with Crippen LogP contribution < -0.4 is 16.2 Å². The fourth-order valence-electron chi connectivity index (χ4n) is 3.02. The van der Waals surface area contributed by atoms with E-state index in [9.17, 15) is 0 Å². The van der Waals surface area contributed by atoms with Gasteiger partial charge in [0.1, 0.15) is 5.82 Å². The number of aromatic nitrogens is 2. The van der Waals surface area contributed by atoms with E-state index in [2.05, 4.69) is 26.1 Å². The van der Waals surface area contributed by atoms with Crippen LogP contribution in [0.25, 0.3) is 0 Å². The van der Waals surface area contributed by atoms with Crippen LogP contribution in [0.1, 0.15) is 30.1 Å². The van der Waals surface area contributed by atoms with Gasteiger partial charge in [-0.2, -0.15) is 0 Å². The maximum atomic E-state index is 5.43. The molecular formula is C16H19N5O. The second-order valence-electron chi connectivity index (χ2n) is 5.61. The number of pyridine rings is 2. The molecule has 0 aliphatic carbocycles. The van der Waals surface area contributed by atoms with Gasteiger partial charge in [0.2, 0.25) is 0 Å². The van der Waals surface area contributed by atoms with E-state index in [4.69, 9.17) is 4.74 Å². The molecule has 4 heterocycles. The summed E-state index contributed by atoms with van der Waals surface area (Å²) in [4.78, 5) is 9.03. The maximum absolute atomic E-state index is 5.43. The Balaban J connectivity index is 1.65. The lowest BCUT2D eigenvalue weighted by molar-refractivity contribution is 0.0903. The largest absolute Gasteiger partial charge is 0.381 e. The molecule has 0 amide bonds. The van der Waals surface area contributed by atoms with Crippen LogP contribution in [0.5, 0.6) is 0 Å². The summed E-state index contributed by atoms with van der Waals surface area (Å²) >= 11 is 0. The highest BCUT2D eigenvalue weighted by Gasteiger charge is 2.29. The van der Waals surface area contributed by atoms with E-state index in [1.807, 2.05) is 36.7 Å². The summed E-state index contributed by atoms with van der Waals surface area (Å²) < 4.78 is 5.43. The van der Waals surface area contributed by atoms with E-state index in [1.165, 1.54) is 0 Å². The fraction of sp³-hybridized carbons (Fsp3) is 0.375. The summed E-state index contributed by atoms with van der Waals surface area (Å²) in [5.41, 5.74) is 9.70. The fourth-order valence-corrected chi connectivity index (χ4v) is 3.02. The van der Waals surface area contributed by atoms with Crippen molar-refractivity contribution in [2.75, 3.05) is 24.0 Å². The highest BCUT2D eigenvalue weighted by Crippen LogP contribution is 2.36. The Morgan fingerprint density at radius 3 is 2.82 bits per heavy atom. The van der Waals surface area contributed by atoms with Gasteiger partial charge in [0.15, 0.2) is 0 Å². The van der Waals surface area contributed by atoms with E-state index in [-0.39, 0.29) is 6.04 Å². The van der Waals surface area contributed by atoms with Crippen LogP contribution in [-0.2, 0) is 4.74 Å². The number of nitrogens with zero attached hydrogens (tertiary/aromatic N) is 2. The van der Waals surface area contributed by atoms with E-state index in [0.29, 0.717) is 6.04 Å². The SMILES string of the molecule is c1ccc(C2NNc3ccnc(NC4CCOCC4)c32)nc1. The number of ether oxygens (including phenoxy) is 1. The minimum atomic E-state index is 0.00670. The molecule has 2 aromatic heterocycles. The van der Waals surface area contributed by atoms with E-state index < -0.39 is 0 Å². The summed E-state index contributed by atoms with van der Waals surface area (Å²) in [7, 11) is 0. The smallest absolute Gasteiger partial charge is 0.133 e. The van der Waals surface area contributed by atoms with Crippen molar-refractivity contribution < 1.29 is 4.74 Å². The Morgan fingerprint density at radius 2 is 2.00 bits per heavy atom. The molecule has 0 aromatic carbocycles. The Morgan fingerprint density at radius 1 is 1.09 bits per heavy atom. The summed E-state index contributed by atoms with van der Waals surface area (Å²) in [5, 5.41) is 3.58. The molecule has 2 aliphatic heterocycles. The standard InChI is InChI=1S/C16H19N5O/c1-2-7-17-13(3-1)15-14-12(20-21-15)4-8-18-16(14)19-11-5-9-22-10-6-11/h1-4,7-8,11,15,20-21H,5-6,9-10H2,(H,18,19). The molecule has 0 spiro atoms. The third-order valence-electron chi connectivity index (χ3n) is 4.18. The molecule has 1 saturated heterocycles. The van der Waals surface area contributed by atoms with Crippen LogP contribution in [0, 0.1) is 0 Å². The summed E-state index contributed by atoms with van der Waals surface area (Å²) in [6, 6.07) is 8.37. The van der Waals surface area contributed by atoms with Gasteiger partial charge in [0.25, 0.3) is 0 Å². The molecule has 0 radical (unpaired) electrons. The van der Waals surface area contributed by atoms with E-state index >= 15 is 0 Å². The molecule has 0 saturated carbocycles. The summed E-state index contributed by atoms with van der Waals surface area (Å²) in [6.45, 7) is 1.62. The summed E-state index contributed by atoms with van der Waals surface area (Å²) in [6.07, 6.45) is 5.67. The van der Waals surface area contributed by atoms with E-state index in [0.717, 1.165) is 48.8 Å². The predicted molar refractivity (Wildman–Crippen MR) is 84.5 cm³/mol. The number of rotatable bonds is 3. The predicted octanol–water partition coefficient (Wildman–Crippen LogP) is 2.09. The monoisotopic (exact) mass is 297 g/mol. The zero-order chi connectivity index (χ0) is 14.8. The van der Waals surface area contributed by atoms with Crippen molar-refractivity contribution in [1.29, 1.82) is 0 Å². The minimum Gasteiger partial charge on any atom is -0.381 e. The van der Waals surface area contributed by atoms with Crippen molar-refractivity contribution >= 4 is 11.5 Å². The molecule has 1 fully saturated rings. The first kappa shape index (κ1) is 13.5. The van der Waals surface area contributed by atoms with Gasteiger partial charge in [-0.15, -0.1) is 0 Å². The first-order valence-electron chi connectivity index (χ1n) is 7.67. The minimum absolute atomic E-state index is 0.00670. The average Bonchev–Trinajstić information content (AvgIpc) is 3.02. The third kappa shape index (κ3) is 2.51. The van der Waals surface area contributed by atoms with E-state index in [1.54, 1.807) is 0 Å². The molecule has 2 aromatic rings. The highest BCUT2D eigenvalue weighted by atomic mass is 16.5. The van der Waals surface area contributed by atoms with Crippen molar-refractivity contribution in [3.63, 3.8) is 0 Å². The van der Waals surface area contributed by atoms with Gasteiger partial charge in [-0.1, -0.05) is 6.07 Å². The molecule has 0 bridgehead atoms. The van der Waals surface area contributed by atoms with Crippen molar-refractivity contribution in [1.82, 2.24) is 15.4 Å². The number of anilines is 2. The van der Waals surface area contributed by atoms with Crippen LogP contribution in [0.15, 0.2) is 36.7 Å². The Bertz CT molecular complexity index is 642. The van der Waals surface area contributed by atoms with Gasteiger partial charge in [0.05, 0.1) is 17.4 Å². The van der Waals surface area contributed by atoms with Crippen LogP contribution in [0.4, 0.5) is 11.5 Å². The van der Waals surface area contributed by atoms with Crippen molar-refractivity contribution in [2.45, 2.75) is 24.9 Å². The molecule has 3 N–H and O–H groups in total. The highest BCUT2D eigenvalue weighted by molar-refractivity contribution is 5.67. The second-order valence-corrected chi connectivity index (χ2v) is 5.61. The quantitative estimate of drug-likeness (QED) is 0.806. The van der Waals surface area contributed by atoms with Gasteiger partial charge in [-0.3, -0.25) is 4.98 Å². The molecule has 22 heavy (non-hydrogen) atoms. The molecule has 2 aliphatic rings. The van der Waals surface area contributed by atoms with Gasteiger partial charge in [0, 0.05) is 37.2 Å². The zero-order valence-electron chi connectivity index (χ0n) is 12.2. The molecule has 4 rings (SSSR count). The molecular weight excluding hydrogens is 278 g/mol. The zero-order valence-corrected chi connectivity index (χ0v) is 12.2. The number of hydrazine groups is 1. The Hall–Kier alpha value is -2.18.